The molecule has 2 aromatic rings. The van der Waals surface area contributed by atoms with Gasteiger partial charge >= 0.3 is 5.97 Å². The summed E-state index contributed by atoms with van der Waals surface area (Å²) in [6.07, 6.45) is 0. The molecule has 0 saturated carbocycles. The van der Waals surface area contributed by atoms with Crippen LogP contribution in [0.15, 0.2) is 53.6 Å². The van der Waals surface area contributed by atoms with Crippen LogP contribution in [0, 0.1) is 5.82 Å². The van der Waals surface area contributed by atoms with Gasteiger partial charge in [0.25, 0.3) is 0 Å². The number of hydrazone groups is 1. The highest BCUT2D eigenvalue weighted by atomic mass is 19.1. The molecule has 0 radical (unpaired) electrons. The number of methoxy groups -OCH3 is 1. The van der Waals surface area contributed by atoms with E-state index in [2.05, 4.69) is 15.3 Å². The average Bonchev–Trinajstić information content (AvgIpc) is 2.52. The van der Waals surface area contributed by atoms with Gasteiger partial charge in [0.05, 0.1) is 18.4 Å². The molecule has 0 aromatic heterocycles. The van der Waals surface area contributed by atoms with Crippen LogP contribution < -0.4 is 11.2 Å². The minimum atomic E-state index is -0.456. The van der Waals surface area contributed by atoms with Gasteiger partial charge in [-0.2, -0.15) is 5.10 Å². The number of esters is 1. The number of benzene rings is 2. The fourth-order valence-electron chi connectivity index (χ4n) is 1.67. The van der Waals surface area contributed by atoms with Crippen LogP contribution in [0.5, 0.6) is 0 Å². The summed E-state index contributed by atoms with van der Waals surface area (Å²) in [6.45, 7) is 0. The number of nitrogens with zero attached hydrogens (tertiary/aromatic N) is 1. The number of amidine groups is 1. The fraction of sp³-hybridized carbons (Fsp3) is 0.0667. The van der Waals surface area contributed by atoms with Crippen molar-refractivity contribution >= 4 is 17.5 Å². The molecule has 2 aromatic carbocycles. The third kappa shape index (κ3) is 3.79. The summed E-state index contributed by atoms with van der Waals surface area (Å²) in [7, 11) is 1.30. The Morgan fingerprint density at radius 3 is 2.62 bits per heavy atom. The van der Waals surface area contributed by atoms with Gasteiger partial charge in [0.1, 0.15) is 5.82 Å². The van der Waals surface area contributed by atoms with E-state index >= 15 is 0 Å². The van der Waals surface area contributed by atoms with Crippen molar-refractivity contribution in [2.24, 2.45) is 10.8 Å². The normalized spacial score (nSPS) is 11.0. The first-order valence-corrected chi connectivity index (χ1v) is 6.13. The van der Waals surface area contributed by atoms with Crippen molar-refractivity contribution in [1.82, 2.24) is 0 Å². The van der Waals surface area contributed by atoms with Crippen LogP contribution in [-0.2, 0) is 4.74 Å². The van der Waals surface area contributed by atoms with Crippen molar-refractivity contribution < 1.29 is 13.9 Å². The molecular weight excluding hydrogens is 273 g/mol. The van der Waals surface area contributed by atoms with Crippen molar-refractivity contribution in [2.75, 3.05) is 12.5 Å². The number of nitrogens with one attached hydrogen (secondary N) is 1. The first kappa shape index (κ1) is 14.5. The number of anilines is 1. The first-order chi connectivity index (χ1) is 10.1. The van der Waals surface area contributed by atoms with E-state index < -0.39 is 5.97 Å². The van der Waals surface area contributed by atoms with Crippen molar-refractivity contribution in [2.45, 2.75) is 0 Å². The number of halogens is 1. The third-order valence-electron chi connectivity index (χ3n) is 2.71. The van der Waals surface area contributed by atoms with E-state index in [4.69, 9.17) is 5.73 Å². The van der Waals surface area contributed by atoms with E-state index in [1.165, 1.54) is 19.2 Å². The number of rotatable bonds is 4. The molecule has 3 N–H and O–H groups in total. The van der Waals surface area contributed by atoms with Gasteiger partial charge in [0, 0.05) is 5.56 Å². The molecule has 0 fully saturated rings. The molecular formula is C15H14FN3O2. The summed E-state index contributed by atoms with van der Waals surface area (Å²) in [6, 6.07) is 12.4. The molecule has 0 aliphatic rings. The molecule has 0 aliphatic heterocycles. The van der Waals surface area contributed by atoms with Crippen LogP contribution >= 0.6 is 0 Å². The van der Waals surface area contributed by atoms with Crippen molar-refractivity contribution in [3.63, 3.8) is 0 Å². The SMILES string of the molecule is COC(=O)c1cccc(/C(N)=N/Nc2cccc(F)c2)c1. The van der Waals surface area contributed by atoms with E-state index in [0.717, 1.165) is 0 Å². The number of carbonyl (C=O) groups excluding carboxylic acids is 1. The maximum Gasteiger partial charge on any atom is 0.337 e. The number of ether oxygens (including phenoxy) is 1. The summed E-state index contributed by atoms with van der Waals surface area (Å²) in [5, 5.41) is 3.96. The maximum atomic E-state index is 13.0. The van der Waals surface area contributed by atoms with Crippen LogP contribution in [0.2, 0.25) is 0 Å². The second-order valence-electron chi connectivity index (χ2n) is 4.19. The zero-order valence-electron chi connectivity index (χ0n) is 11.3. The predicted molar refractivity (Wildman–Crippen MR) is 78.5 cm³/mol. The van der Waals surface area contributed by atoms with E-state index in [-0.39, 0.29) is 11.7 Å². The van der Waals surface area contributed by atoms with Gasteiger partial charge in [-0.15, -0.1) is 0 Å². The molecule has 21 heavy (non-hydrogen) atoms. The molecule has 0 unspecified atom stereocenters. The molecule has 0 heterocycles. The topological polar surface area (TPSA) is 76.7 Å². The minimum Gasteiger partial charge on any atom is -0.465 e. The van der Waals surface area contributed by atoms with Gasteiger partial charge in [-0.25, -0.2) is 9.18 Å². The summed E-state index contributed by atoms with van der Waals surface area (Å²) in [5.41, 5.74) is 9.89. The Balaban J connectivity index is 2.17. The summed E-state index contributed by atoms with van der Waals surface area (Å²) < 4.78 is 17.7. The lowest BCUT2D eigenvalue weighted by atomic mass is 10.1. The lowest BCUT2D eigenvalue weighted by molar-refractivity contribution is 0.0600. The van der Waals surface area contributed by atoms with Crippen LogP contribution in [0.3, 0.4) is 0 Å². The highest BCUT2D eigenvalue weighted by Gasteiger charge is 2.07. The summed E-state index contributed by atoms with van der Waals surface area (Å²) >= 11 is 0. The fourth-order valence-corrected chi connectivity index (χ4v) is 1.67. The first-order valence-electron chi connectivity index (χ1n) is 6.13. The maximum absolute atomic E-state index is 13.0. The Morgan fingerprint density at radius 2 is 1.90 bits per heavy atom. The monoisotopic (exact) mass is 287 g/mol. The Labute approximate surface area is 121 Å². The second-order valence-corrected chi connectivity index (χ2v) is 4.19. The Kier molecular flexibility index (Phi) is 4.50. The highest BCUT2D eigenvalue weighted by Crippen LogP contribution is 2.10. The lowest BCUT2D eigenvalue weighted by Crippen LogP contribution is -2.16. The van der Waals surface area contributed by atoms with Crippen LogP contribution in [-0.4, -0.2) is 18.9 Å². The molecule has 0 spiro atoms. The number of nitrogens with two attached hydrogens (primary N) is 1. The Bertz CT molecular complexity index is 686. The second kappa shape index (κ2) is 6.51. The van der Waals surface area contributed by atoms with Gasteiger partial charge in [-0.3, -0.25) is 5.43 Å². The van der Waals surface area contributed by atoms with Crippen molar-refractivity contribution in [1.29, 1.82) is 0 Å². The largest absolute Gasteiger partial charge is 0.465 e. The van der Waals surface area contributed by atoms with Crippen LogP contribution in [0.1, 0.15) is 15.9 Å². The van der Waals surface area contributed by atoms with Gasteiger partial charge in [0.15, 0.2) is 5.84 Å². The van der Waals surface area contributed by atoms with Gasteiger partial charge in [-0.05, 0) is 30.3 Å². The van der Waals surface area contributed by atoms with Crippen LogP contribution in [0.25, 0.3) is 0 Å². The summed E-state index contributed by atoms with van der Waals surface area (Å²) in [4.78, 5) is 11.4. The predicted octanol–water partition coefficient (Wildman–Crippen LogP) is 2.34. The molecule has 5 nitrogen and oxygen atoms in total. The lowest BCUT2D eigenvalue weighted by Gasteiger charge is -2.05. The number of carbonyl (C=O) groups is 1. The quantitative estimate of drug-likeness (QED) is 0.391. The Hall–Kier alpha value is -2.89. The molecule has 0 bridgehead atoms. The molecule has 0 atom stereocenters. The molecule has 0 amide bonds. The van der Waals surface area contributed by atoms with Gasteiger partial charge in [0.2, 0.25) is 0 Å². The number of hydrogen-bond donors (Lipinski definition) is 2. The van der Waals surface area contributed by atoms with Crippen molar-refractivity contribution in [3.8, 4) is 0 Å². The van der Waals surface area contributed by atoms with Gasteiger partial charge in [-0.1, -0.05) is 18.2 Å². The van der Waals surface area contributed by atoms with E-state index in [0.29, 0.717) is 16.8 Å². The molecule has 2 rings (SSSR count). The third-order valence-corrected chi connectivity index (χ3v) is 2.71. The van der Waals surface area contributed by atoms with Crippen molar-refractivity contribution in [3.05, 3.63) is 65.5 Å². The van der Waals surface area contributed by atoms with Crippen LogP contribution in [0.4, 0.5) is 10.1 Å². The zero-order chi connectivity index (χ0) is 15.2. The molecule has 108 valence electrons. The minimum absolute atomic E-state index is 0.171. The standard InChI is InChI=1S/C15H14FN3O2/c1-21-15(20)11-5-2-4-10(8-11)14(17)19-18-13-7-3-6-12(16)9-13/h2-9,18H,1H3,(H2,17,19). The number of hydrogen-bond acceptors (Lipinski definition) is 4. The van der Waals surface area contributed by atoms with E-state index in [9.17, 15) is 9.18 Å². The smallest absolute Gasteiger partial charge is 0.337 e. The highest BCUT2D eigenvalue weighted by molar-refractivity contribution is 6.00. The van der Waals surface area contributed by atoms with Gasteiger partial charge < -0.3 is 10.5 Å². The van der Waals surface area contributed by atoms with E-state index in [1.54, 1.807) is 36.4 Å². The summed E-state index contributed by atoms with van der Waals surface area (Å²) in [5.74, 6) is -0.658. The molecule has 6 heteroatoms. The van der Waals surface area contributed by atoms with E-state index in [1.807, 2.05) is 0 Å². The average molecular weight is 287 g/mol. The molecule has 0 aliphatic carbocycles. The molecule has 0 saturated heterocycles. The zero-order valence-corrected chi connectivity index (χ0v) is 11.3. The Morgan fingerprint density at radius 1 is 1.19 bits per heavy atom.